The molecule has 0 atom stereocenters. The minimum absolute atomic E-state index is 0.0543. The highest BCUT2D eigenvalue weighted by molar-refractivity contribution is 5.96. The molecular formula is C24H21NO3. The maximum atomic E-state index is 12.8. The standard InChI is InChI=1S/C24H21NO3/c1-15-8-11-20-23(27)19-12-10-18(14-21(19)28-24(20)16(15)2)25-22(26)13-9-17-6-4-3-5-7-17/h3-8,10-12,14H,9,13H2,1-2H3,(H,25,26). The van der Waals surface area contributed by atoms with Gasteiger partial charge < -0.3 is 9.73 Å². The van der Waals surface area contributed by atoms with Gasteiger partial charge in [0.2, 0.25) is 11.3 Å². The van der Waals surface area contributed by atoms with E-state index in [0.29, 0.717) is 40.5 Å². The monoisotopic (exact) mass is 371 g/mol. The van der Waals surface area contributed by atoms with Crippen molar-refractivity contribution in [3.8, 4) is 0 Å². The summed E-state index contributed by atoms with van der Waals surface area (Å²) in [6.45, 7) is 3.93. The molecule has 4 nitrogen and oxygen atoms in total. The van der Waals surface area contributed by atoms with Gasteiger partial charge in [-0.2, -0.15) is 0 Å². The van der Waals surface area contributed by atoms with Gasteiger partial charge in [-0.05, 0) is 55.2 Å². The number of hydrogen-bond donors (Lipinski definition) is 1. The third-order valence-corrected chi connectivity index (χ3v) is 5.13. The summed E-state index contributed by atoms with van der Waals surface area (Å²) in [7, 11) is 0. The van der Waals surface area contributed by atoms with Crippen molar-refractivity contribution in [3.63, 3.8) is 0 Å². The Morgan fingerprint density at radius 1 is 0.964 bits per heavy atom. The Kier molecular flexibility index (Phi) is 4.70. The number of fused-ring (bicyclic) bond motifs is 2. The van der Waals surface area contributed by atoms with Crippen LogP contribution in [0.25, 0.3) is 21.9 Å². The second-order valence-corrected chi connectivity index (χ2v) is 7.06. The molecule has 28 heavy (non-hydrogen) atoms. The SMILES string of the molecule is Cc1ccc2c(=O)c3ccc(NC(=O)CCc4ccccc4)cc3oc2c1C. The third kappa shape index (κ3) is 3.41. The first-order valence-electron chi connectivity index (χ1n) is 9.33. The minimum Gasteiger partial charge on any atom is -0.455 e. The summed E-state index contributed by atoms with van der Waals surface area (Å²) in [6, 6.07) is 18.8. The molecule has 140 valence electrons. The van der Waals surface area contributed by atoms with Gasteiger partial charge in [0, 0.05) is 18.2 Å². The van der Waals surface area contributed by atoms with E-state index < -0.39 is 0 Å². The molecule has 0 unspecified atom stereocenters. The molecule has 4 rings (SSSR count). The zero-order valence-corrected chi connectivity index (χ0v) is 15.9. The van der Waals surface area contributed by atoms with Crippen LogP contribution < -0.4 is 10.7 Å². The van der Waals surface area contributed by atoms with E-state index in [1.807, 2.05) is 56.3 Å². The van der Waals surface area contributed by atoms with E-state index in [0.717, 1.165) is 16.7 Å². The zero-order chi connectivity index (χ0) is 19.7. The van der Waals surface area contributed by atoms with Crippen molar-refractivity contribution in [2.75, 3.05) is 5.32 Å². The first-order chi connectivity index (χ1) is 13.5. The van der Waals surface area contributed by atoms with Gasteiger partial charge in [-0.15, -0.1) is 0 Å². The van der Waals surface area contributed by atoms with Crippen LogP contribution >= 0.6 is 0 Å². The maximum absolute atomic E-state index is 12.8. The smallest absolute Gasteiger partial charge is 0.224 e. The van der Waals surface area contributed by atoms with Gasteiger partial charge in [0.05, 0.1) is 10.8 Å². The molecule has 0 aliphatic rings. The van der Waals surface area contributed by atoms with Gasteiger partial charge >= 0.3 is 0 Å². The fourth-order valence-electron chi connectivity index (χ4n) is 3.35. The van der Waals surface area contributed by atoms with Crippen LogP contribution in [0.2, 0.25) is 0 Å². The Morgan fingerprint density at radius 3 is 2.50 bits per heavy atom. The second-order valence-electron chi connectivity index (χ2n) is 7.06. The fourth-order valence-corrected chi connectivity index (χ4v) is 3.35. The summed E-state index contributed by atoms with van der Waals surface area (Å²) in [4.78, 5) is 25.1. The van der Waals surface area contributed by atoms with E-state index in [4.69, 9.17) is 4.42 Å². The van der Waals surface area contributed by atoms with Crippen LogP contribution in [0.5, 0.6) is 0 Å². The zero-order valence-electron chi connectivity index (χ0n) is 15.9. The number of nitrogens with one attached hydrogen (secondary N) is 1. The molecule has 1 N–H and O–H groups in total. The van der Waals surface area contributed by atoms with Crippen LogP contribution in [0.15, 0.2) is 69.9 Å². The summed E-state index contributed by atoms with van der Waals surface area (Å²) in [5, 5.41) is 3.99. The normalized spacial score (nSPS) is 11.1. The van der Waals surface area contributed by atoms with Gasteiger partial charge in [0.1, 0.15) is 11.2 Å². The number of hydrogen-bond acceptors (Lipinski definition) is 3. The summed E-state index contributed by atoms with van der Waals surface area (Å²) >= 11 is 0. The molecule has 0 radical (unpaired) electrons. The highest BCUT2D eigenvalue weighted by atomic mass is 16.3. The van der Waals surface area contributed by atoms with E-state index in [9.17, 15) is 9.59 Å². The highest BCUT2D eigenvalue weighted by Gasteiger charge is 2.12. The van der Waals surface area contributed by atoms with Crippen molar-refractivity contribution in [2.24, 2.45) is 0 Å². The van der Waals surface area contributed by atoms with Crippen LogP contribution in [0.4, 0.5) is 5.69 Å². The van der Waals surface area contributed by atoms with Crippen molar-refractivity contribution < 1.29 is 9.21 Å². The number of carbonyl (C=O) groups is 1. The number of benzene rings is 3. The molecule has 4 aromatic rings. The van der Waals surface area contributed by atoms with E-state index >= 15 is 0 Å². The van der Waals surface area contributed by atoms with Crippen molar-refractivity contribution >= 4 is 33.5 Å². The van der Waals surface area contributed by atoms with E-state index in [2.05, 4.69) is 5.32 Å². The van der Waals surface area contributed by atoms with Crippen molar-refractivity contribution in [3.05, 3.63) is 87.6 Å². The molecule has 0 saturated carbocycles. The topological polar surface area (TPSA) is 59.3 Å². The second kappa shape index (κ2) is 7.31. The van der Waals surface area contributed by atoms with Crippen LogP contribution in [0, 0.1) is 13.8 Å². The van der Waals surface area contributed by atoms with Crippen molar-refractivity contribution in [1.82, 2.24) is 0 Å². The Morgan fingerprint density at radius 2 is 1.71 bits per heavy atom. The number of rotatable bonds is 4. The Balaban J connectivity index is 1.62. The fraction of sp³-hybridized carbons (Fsp3) is 0.167. The van der Waals surface area contributed by atoms with Gasteiger partial charge in [-0.25, -0.2) is 0 Å². The molecule has 1 amide bonds. The Bertz CT molecular complexity index is 1240. The summed E-state index contributed by atoms with van der Waals surface area (Å²) in [5.41, 5.74) is 4.80. The molecule has 0 aliphatic heterocycles. The molecule has 4 heteroatoms. The lowest BCUT2D eigenvalue weighted by molar-refractivity contribution is -0.116. The quantitative estimate of drug-likeness (QED) is 0.506. The molecule has 3 aromatic carbocycles. The van der Waals surface area contributed by atoms with Gasteiger partial charge in [0.25, 0.3) is 0 Å². The molecular weight excluding hydrogens is 350 g/mol. The maximum Gasteiger partial charge on any atom is 0.224 e. The van der Waals surface area contributed by atoms with E-state index in [1.54, 1.807) is 18.2 Å². The average Bonchev–Trinajstić information content (AvgIpc) is 2.70. The van der Waals surface area contributed by atoms with E-state index in [1.165, 1.54) is 0 Å². The van der Waals surface area contributed by atoms with Crippen LogP contribution in [0.3, 0.4) is 0 Å². The lowest BCUT2D eigenvalue weighted by Gasteiger charge is -2.09. The summed E-state index contributed by atoms with van der Waals surface area (Å²) in [5.74, 6) is -0.0710. The first kappa shape index (κ1) is 18.0. The Labute approximate surface area is 162 Å². The third-order valence-electron chi connectivity index (χ3n) is 5.13. The van der Waals surface area contributed by atoms with Gasteiger partial charge in [0.15, 0.2) is 0 Å². The summed E-state index contributed by atoms with van der Waals surface area (Å²) in [6.07, 6.45) is 1.07. The van der Waals surface area contributed by atoms with Crippen LogP contribution in [-0.4, -0.2) is 5.91 Å². The molecule has 0 saturated heterocycles. The van der Waals surface area contributed by atoms with Crippen LogP contribution in [-0.2, 0) is 11.2 Å². The molecule has 1 heterocycles. The molecule has 1 aromatic heterocycles. The molecule has 0 spiro atoms. The van der Waals surface area contributed by atoms with Gasteiger partial charge in [-0.3, -0.25) is 9.59 Å². The van der Waals surface area contributed by atoms with Crippen molar-refractivity contribution in [2.45, 2.75) is 26.7 Å². The predicted molar refractivity (Wildman–Crippen MR) is 113 cm³/mol. The lowest BCUT2D eigenvalue weighted by Crippen LogP contribution is -2.12. The first-order valence-corrected chi connectivity index (χ1v) is 9.33. The number of carbonyl (C=O) groups excluding carboxylic acids is 1. The van der Waals surface area contributed by atoms with Crippen LogP contribution in [0.1, 0.15) is 23.1 Å². The minimum atomic E-state index is -0.0710. The summed E-state index contributed by atoms with van der Waals surface area (Å²) < 4.78 is 6.04. The van der Waals surface area contributed by atoms with Crippen molar-refractivity contribution in [1.29, 1.82) is 0 Å². The number of aryl methyl sites for hydroxylation is 3. The molecule has 0 fully saturated rings. The van der Waals surface area contributed by atoms with E-state index in [-0.39, 0.29) is 11.3 Å². The molecule has 0 bridgehead atoms. The lowest BCUT2D eigenvalue weighted by atomic mass is 10.0. The molecule has 0 aliphatic carbocycles. The number of anilines is 1. The number of amides is 1. The van der Waals surface area contributed by atoms with Gasteiger partial charge in [-0.1, -0.05) is 36.4 Å². The predicted octanol–water partition coefficient (Wildman–Crippen LogP) is 5.13. The Hall–Kier alpha value is -3.40. The largest absolute Gasteiger partial charge is 0.455 e. The average molecular weight is 371 g/mol. The highest BCUT2D eigenvalue weighted by Crippen LogP contribution is 2.25.